The number of ether oxygens (including phenoxy) is 2. The van der Waals surface area contributed by atoms with E-state index in [-0.39, 0.29) is 11.3 Å². The van der Waals surface area contributed by atoms with Gasteiger partial charge in [-0.3, -0.25) is 9.59 Å². The molecular formula is C25H21ClN2O4. The van der Waals surface area contributed by atoms with E-state index in [1.54, 1.807) is 68.6 Å². The Bertz CT molecular complexity index is 1250. The molecule has 0 fully saturated rings. The van der Waals surface area contributed by atoms with Crippen molar-refractivity contribution in [3.8, 4) is 11.5 Å². The zero-order valence-corrected chi connectivity index (χ0v) is 18.6. The van der Waals surface area contributed by atoms with Gasteiger partial charge in [0.05, 0.1) is 31.2 Å². The lowest BCUT2D eigenvalue weighted by molar-refractivity contribution is -0.120. The van der Waals surface area contributed by atoms with Crippen LogP contribution in [0.4, 0.5) is 11.4 Å². The summed E-state index contributed by atoms with van der Waals surface area (Å²) >= 11 is 6.28. The Morgan fingerprint density at radius 3 is 2.19 bits per heavy atom. The first-order chi connectivity index (χ1) is 15.5. The molecule has 1 N–H and O–H groups in total. The third-order valence-corrected chi connectivity index (χ3v) is 5.72. The zero-order valence-electron chi connectivity index (χ0n) is 17.8. The van der Waals surface area contributed by atoms with Gasteiger partial charge < -0.3 is 14.8 Å². The fourth-order valence-corrected chi connectivity index (χ4v) is 3.86. The molecule has 0 spiro atoms. The molecule has 1 aliphatic rings. The van der Waals surface area contributed by atoms with Gasteiger partial charge in [0, 0.05) is 10.6 Å². The summed E-state index contributed by atoms with van der Waals surface area (Å²) < 4.78 is 10.9. The van der Waals surface area contributed by atoms with E-state index in [4.69, 9.17) is 21.1 Å². The number of benzene rings is 3. The van der Waals surface area contributed by atoms with Gasteiger partial charge in [-0.25, -0.2) is 4.90 Å². The van der Waals surface area contributed by atoms with E-state index in [9.17, 15) is 9.59 Å². The number of rotatable bonds is 6. The van der Waals surface area contributed by atoms with Crippen LogP contribution in [0.2, 0.25) is 5.02 Å². The van der Waals surface area contributed by atoms with Gasteiger partial charge in [0.25, 0.3) is 11.8 Å². The molecule has 4 rings (SSSR count). The quantitative estimate of drug-likeness (QED) is 0.534. The third-order valence-electron chi connectivity index (χ3n) is 5.31. The van der Waals surface area contributed by atoms with Crippen LogP contribution in [0.1, 0.15) is 11.1 Å². The van der Waals surface area contributed by atoms with Gasteiger partial charge in [0.15, 0.2) is 0 Å². The van der Waals surface area contributed by atoms with E-state index in [1.807, 2.05) is 12.1 Å². The van der Waals surface area contributed by atoms with Crippen LogP contribution in [0, 0.1) is 6.92 Å². The molecule has 0 radical (unpaired) electrons. The molecule has 1 heterocycles. The number of amides is 2. The van der Waals surface area contributed by atoms with Crippen LogP contribution < -0.4 is 19.7 Å². The van der Waals surface area contributed by atoms with E-state index >= 15 is 0 Å². The van der Waals surface area contributed by atoms with Crippen LogP contribution in [-0.2, 0) is 9.59 Å². The SMILES string of the molecule is COc1ccccc1NC1=C(c2ccccc2OC)C(=O)N(c2cccc(Cl)c2C)C1=O. The minimum atomic E-state index is -0.493. The molecule has 162 valence electrons. The molecule has 0 saturated carbocycles. The minimum Gasteiger partial charge on any atom is -0.496 e. The molecule has 32 heavy (non-hydrogen) atoms. The topological polar surface area (TPSA) is 67.9 Å². The van der Waals surface area contributed by atoms with Crippen molar-refractivity contribution in [2.45, 2.75) is 6.92 Å². The van der Waals surface area contributed by atoms with Gasteiger partial charge in [-0.15, -0.1) is 0 Å². The second-order valence-corrected chi connectivity index (χ2v) is 7.51. The summed E-state index contributed by atoms with van der Waals surface area (Å²) in [5, 5.41) is 3.59. The molecule has 3 aromatic rings. The van der Waals surface area contributed by atoms with Crippen molar-refractivity contribution < 1.29 is 19.1 Å². The summed E-state index contributed by atoms with van der Waals surface area (Å²) in [6.07, 6.45) is 0. The van der Waals surface area contributed by atoms with Crippen molar-refractivity contribution >= 4 is 40.4 Å². The Hall–Kier alpha value is -3.77. The average Bonchev–Trinajstić information content (AvgIpc) is 3.05. The molecule has 0 saturated heterocycles. The summed E-state index contributed by atoms with van der Waals surface area (Å²) in [6, 6.07) is 19.4. The molecule has 1 aliphatic heterocycles. The van der Waals surface area contributed by atoms with E-state index in [0.717, 1.165) is 4.90 Å². The first-order valence-corrected chi connectivity index (χ1v) is 10.3. The Morgan fingerprint density at radius 2 is 1.47 bits per heavy atom. The van der Waals surface area contributed by atoms with Crippen molar-refractivity contribution in [2.75, 3.05) is 24.4 Å². The first-order valence-electron chi connectivity index (χ1n) is 9.89. The fraction of sp³-hybridized carbons (Fsp3) is 0.120. The number of nitrogens with one attached hydrogen (secondary N) is 1. The fourth-order valence-electron chi connectivity index (χ4n) is 3.69. The van der Waals surface area contributed by atoms with Crippen LogP contribution in [0.5, 0.6) is 11.5 Å². The number of hydrogen-bond acceptors (Lipinski definition) is 5. The Kier molecular flexibility index (Phi) is 5.88. The smallest absolute Gasteiger partial charge is 0.282 e. The molecule has 0 atom stereocenters. The predicted octanol–water partition coefficient (Wildman–Crippen LogP) is 5.06. The minimum absolute atomic E-state index is 0.128. The first kappa shape index (κ1) is 21.5. The zero-order chi connectivity index (χ0) is 22.8. The van der Waals surface area contributed by atoms with E-state index in [0.29, 0.717) is 39.0 Å². The monoisotopic (exact) mass is 448 g/mol. The average molecular weight is 449 g/mol. The van der Waals surface area contributed by atoms with E-state index in [2.05, 4.69) is 5.32 Å². The summed E-state index contributed by atoms with van der Waals surface area (Å²) in [5.74, 6) is 0.0547. The lowest BCUT2D eigenvalue weighted by atomic mass is 10.0. The predicted molar refractivity (Wildman–Crippen MR) is 125 cm³/mol. The summed E-state index contributed by atoms with van der Waals surface area (Å²) in [5.41, 5.74) is 2.46. The van der Waals surface area contributed by atoms with E-state index < -0.39 is 11.8 Å². The van der Waals surface area contributed by atoms with Crippen molar-refractivity contribution in [3.63, 3.8) is 0 Å². The molecule has 7 heteroatoms. The van der Waals surface area contributed by atoms with Crippen LogP contribution in [0.15, 0.2) is 72.4 Å². The van der Waals surface area contributed by atoms with Crippen molar-refractivity contribution in [3.05, 3.63) is 88.6 Å². The molecule has 6 nitrogen and oxygen atoms in total. The van der Waals surface area contributed by atoms with Crippen LogP contribution in [0.25, 0.3) is 5.57 Å². The lowest BCUT2D eigenvalue weighted by Crippen LogP contribution is -2.33. The van der Waals surface area contributed by atoms with Crippen molar-refractivity contribution in [2.24, 2.45) is 0 Å². The van der Waals surface area contributed by atoms with Crippen LogP contribution >= 0.6 is 11.6 Å². The maximum Gasteiger partial charge on any atom is 0.282 e. The highest BCUT2D eigenvalue weighted by atomic mass is 35.5. The van der Waals surface area contributed by atoms with Gasteiger partial charge in [-0.1, -0.05) is 48.0 Å². The van der Waals surface area contributed by atoms with Crippen LogP contribution in [0.3, 0.4) is 0 Å². The molecular weight excluding hydrogens is 428 g/mol. The normalized spacial score (nSPS) is 13.6. The van der Waals surface area contributed by atoms with Gasteiger partial charge in [0.1, 0.15) is 17.2 Å². The van der Waals surface area contributed by atoms with Crippen molar-refractivity contribution in [1.29, 1.82) is 0 Å². The Labute approximate surface area is 191 Å². The molecule has 2 amide bonds. The Balaban J connectivity index is 1.91. The number of methoxy groups -OCH3 is 2. The highest BCUT2D eigenvalue weighted by Crippen LogP contribution is 2.40. The number of para-hydroxylation sites is 3. The largest absolute Gasteiger partial charge is 0.496 e. The number of carbonyl (C=O) groups is 2. The summed E-state index contributed by atoms with van der Waals surface area (Å²) in [6.45, 7) is 1.77. The molecule has 0 unspecified atom stereocenters. The number of nitrogens with zero attached hydrogens (tertiary/aromatic N) is 1. The Morgan fingerprint density at radius 1 is 0.812 bits per heavy atom. The third kappa shape index (κ3) is 3.59. The summed E-state index contributed by atoms with van der Waals surface area (Å²) in [7, 11) is 3.06. The van der Waals surface area contributed by atoms with Gasteiger partial charge in [-0.2, -0.15) is 0 Å². The highest BCUT2D eigenvalue weighted by Gasteiger charge is 2.42. The highest BCUT2D eigenvalue weighted by molar-refractivity contribution is 6.47. The summed E-state index contributed by atoms with van der Waals surface area (Å²) in [4.78, 5) is 28.4. The number of anilines is 2. The van der Waals surface area contributed by atoms with Gasteiger partial charge in [-0.05, 0) is 42.8 Å². The number of halogens is 1. The van der Waals surface area contributed by atoms with Crippen molar-refractivity contribution in [1.82, 2.24) is 0 Å². The molecule has 3 aromatic carbocycles. The number of carbonyl (C=O) groups excluding carboxylic acids is 2. The standard InChI is InChI=1S/C25H21ClN2O4/c1-15-17(26)10-8-12-19(15)28-24(29)22(16-9-4-6-13-20(16)31-2)23(25(28)30)27-18-11-5-7-14-21(18)32-3/h4-14,27H,1-3H3. The molecule has 0 aromatic heterocycles. The maximum absolute atomic E-state index is 13.7. The maximum atomic E-state index is 13.7. The second-order valence-electron chi connectivity index (χ2n) is 7.11. The van der Waals surface area contributed by atoms with Gasteiger partial charge >= 0.3 is 0 Å². The number of imide groups is 1. The van der Waals surface area contributed by atoms with E-state index in [1.165, 1.54) is 7.11 Å². The second kappa shape index (κ2) is 8.77. The number of hydrogen-bond donors (Lipinski definition) is 1. The molecule has 0 aliphatic carbocycles. The van der Waals surface area contributed by atoms with Gasteiger partial charge in [0.2, 0.25) is 0 Å². The lowest BCUT2D eigenvalue weighted by Gasteiger charge is -2.18. The molecule has 0 bridgehead atoms. The van der Waals surface area contributed by atoms with Crippen LogP contribution in [-0.4, -0.2) is 26.0 Å².